The number of H-pyrrole nitrogens is 1. The maximum absolute atomic E-state index is 13.3. The van der Waals surface area contributed by atoms with Gasteiger partial charge in [0.1, 0.15) is 17.4 Å². The molecule has 0 radical (unpaired) electrons. The molecule has 33 heavy (non-hydrogen) atoms. The first-order valence-corrected chi connectivity index (χ1v) is 11.3. The first-order valence-electron chi connectivity index (χ1n) is 9.86. The highest BCUT2D eigenvalue weighted by Crippen LogP contribution is 2.32. The molecule has 1 saturated heterocycles. The number of hydrogen-bond donors (Lipinski definition) is 3. The van der Waals surface area contributed by atoms with E-state index >= 15 is 0 Å². The Balaban J connectivity index is 1.49. The van der Waals surface area contributed by atoms with Crippen LogP contribution in [0.25, 0.3) is 11.0 Å². The second-order valence-electron chi connectivity index (χ2n) is 7.42. The number of fused-ring (bicyclic) bond motifs is 1. The molecule has 1 amide bonds. The Labute approximate surface area is 186 Å². The fourth-order valence-corrected chi connectivity index (χ4v) is 5.38. The molecule has 0 spiro atoms. The molecule has 2 heterocycles. The molecule has 0 aliphatic carbocycles. The van der Waals surface area contributed by atoms with Crippen LogP contribution in [-0.2, 0) is 16.2 Å². The van der Waals surface area contributed by atoms with Crippen LogP contribution in [-0.4, -0.2) is 53.0 Å². The van der Waals surface area contributed by atoms with Gasteiger partial charge in [0.05, 0.1) is 27.9 Å². The summed E-state index contributed by atoms with van der Waals surface area (Å²) in [7, 11) is -4.11. The molecule has 3 aromatic rings. The molecule has 1 aliphatic rings. The van der Waals surface area contributed by atoms with Crippen molar-refractivity contribution >= 4 is 27.0 Å². The van der Waals surface area contributed by atoms with Crippen LogP contribution in [0.5, 0.6) is 5.75 Å². The number of amides is 1. The van der Waals surface area contributed by atoms with Gasteiger partial charge in [0, 0.05) is 13.1 Å². The number of sulfonamides is 1. The molecule has 176 valence electrons. The minimum absolute atomic E-state index is 0.0758. The molecular weight excluding hydrogens is 465 g/mol. The molecule has 2 aromatic carbocycles. The van der Waals surface area contributed by atoms with Gasteiger partial charge >= 0.3 is 6.18 Å². The van der Waals surface area contributed by atoms with Crippen molar-refractivity contribution in [3.63, 3.8) is 0 Å². The predicted molar refractivity (Wildman–Crippen MR) is 109 cm³/mol. The normalized spacial score (nSPS) is 16.1. The number of imidazole rings is 1. The zero-order valence-electron chi connectivity index (χ0n) is 17.0. The monoisotopic (exact) mass is 484 g/mol. The lowest BCUT2D eigenvalue weighted by Gasteiger charge is -2.31. The lowest BCUT2D eigenvalue weighted by molar-refractivity contribution is -0.137. The Morgan fingerprint density at radius 3 is 2.42 bits per heavy atom. The molecule has 9 nitrogen and oxygen atoms in total. The number of alkyl halides is 3. The number of nitrogens with zero attached hydrogens (tertiary/aromatic N) is 2. The molecule has 3 N–H and O–H groups in total. The van der Waals surface area contributed by atoms with E-state index in [-0.39, 0.29) is 40.9 Å². The maximum Gasteiger partial charge on any atom is 0.416 e. The maximum atomic E-state index is 13.3. The van der Waals surface area contributed by atoms with Crippen LogP contribution in [0.1, 0.15) is 28.8 Å². The SMILES string of the molecule is O=C(NO)c1c(S(=O)(=O)N2CCC(Oc3ccc(C(F)(F)F)cc3)CC2)ccc2[nH]cnc12. The van der Waals surface area contributed by atoms with Crippen molar-refractivity contribution in [2.75, 3.05) is 13.1 Å². The average molecular weight is 484 g/mol. The summed E-state index contributed by atoms with van der Waals surface area (Å²) in [5, 5.41) is 9.10. The average Bonchev–Trinajstić information content (AvgIpc) is 3.27. The van der Waals surface area contributed by atoms with Crippen LogP contribution in [0.4, 0.5) is 13.2 Å². The van der Waals surface area contributed by atoms with Crippen LogP contribution in [0.15, 0.2) is 47.6 Å². The Morgan fingerprint density at radius 1 is 1.15 bits per heavy atom. The Morgan fingerprint density at radius 2 is 1.82 bits per heavy atom. The quantitative estimate of drug-likeness (QED) is 0.378. The largest absolute Gasteiger partial charge is 0.490 e. The number of nitrogens with one attached hydrogen (secondary N) is 2. The number of carbonyl (C=O) groups excluding carboxylic acids is 1. The summed E-state index contributed by atoms with van der Waals surface area (Å²) in [6.07, 6.45) is -2.93. The summed E-state index contributed by atoms with van der Waals surface area (Å²) in [6.45, 7) is 0.152. The predicted octanol–water partition coefficient (Wildman–Crippen LogP) is 2.93. The molecule has 0 bridgehead atoms. The van der Waals surface area contributed by atoms with Gasteiger partial charge in [-0.3, -0.25) is 10.0 Å². The molecule has 1 aliphatic heterocycles. The number of hydroxylamine groups is 1. The van der Waals surface area contributed by atoms with E-state index in [1.807, 2.05) is 0 Å². The van der Waals surface area contributed by atoms with E-state index in [4.69, 9.17) is 9.94 Å². The minimum atomic E-state index is -4.44. The van der Waals surface area contributed by atoms with E-state index < -0.39 is 27.7 Å². The number of halogens is 3. The fourth-order valence-electron chi connectivity index (χ4n) is 3.72. The van der Waals surface area contributed by atoms with Gasteiger partial charge in [-0.05, 0) is 49.2 Å². The summed E-state index contributed by atoms with van der Waals surface area (Å²) < 4.78 is 71.5. The van der Waals surface area contributed by atoms with Crippen molar-refractivity contribution in [3.05, 3.63) is 53.9 Å². The number of benzene rings is 2. The zero-order valence-corrected chi connectivity index (χ0v) is 17.8. The second kappa shape index (κ2) is 8.65. The highest BCUT2D eigenvalue weighted by atomic mass is 32.2. The lowest BCUT2D eigenvalue weighted by Crippen LogP contribution is -2.42. The number of piperidine rings is 1. The number of ether oxygens (including phenoxy) is 1. The highest BCUT2D eigenvalue weighted by molar-refractivity contribution is 7.89. The Bertz CT molecular complexity index is 1270. The number of aromatic nitrogens is 2. The van der Waals surface area contributed by atoms with Gasteiger partial charge < -0.3 is 9.72 Å². The van der Waals surface area contributed by atoms with Crippen molar-refractivity contribution in [3.8, 4) is 5.75 Å². The van der Waals surface area contributed by atoms with Crippen molar-refractivity contribution in [2.45, 2.75) is 30.0 Å². The van der Waals surface area contributed by atoms with Gasteiger partial charge in [-0.25, -0.2) is 18.9 Å². The number of aromatic amines is 1. The van der Waals surface area contributed by atoms with E-state index in [2.05, 4.69) is 9.97 Å². The third-order valence-electron chi connectivity index (χ3n) is 5.39. The first kappa shape index (κ1) is 23.0. The summed E-state index contributed by atoms with van der Waals surface area (Å²) in [5.74, 6) is -0.748. The van der Waals surface area contributed by atoms with Gasteiger partial charge in [0.15, 0.2) is 0 Å². The van der Waals surface area contributed by atoms with Crippen LogP contribution in [0.3, 0.4) is 0 Å². The van der Waals surface area contributed by atoms with Crippen molar-refractivity contribution < 1.29 is 36.3 Å². The summed E-state index contributed by atoms with van der Waals surface area (Å²) in [5.41, 5.74) is 0.924. The first-order chi connectivity index (χ1) is 15.6. The summed E-state index contributed by atoms with van der Waals surface area (Å²) in [6, 6.07) is 7.05. The highest BCUT2D eigenvalue weighted by Gasteiger charge is 2.34. The summed E-state index contributed by atoms with van der Waals surface area (Å²) >= 11 is 0. The fraction of sp³-hybridized carbons (Fsp3) is 0.300. The Kier molecular flexibility index (Phi) is 6.03. The van der Waals surface area contributed by atoms with E-state index in [1.165, 1.54) is 40.4 Å². The molecule has 0 unspecified atom stereocenters. The smallest absolute Gasteiger partial charge is 0.416 e. The van der Waals surface area contributed by atoms with Crippen LogP contribution in [0.2, 0.25) is 0 Å². The van der Waals surface area contributed by atoms with Crippen molar-refractivity contribution in [1.82, 2.24) is 19.8 Å². The third-order valence-corrected chi connectivity index (χ3v) is 7.33. The van der Waals surface area contributed by atoms with Crippen molar-refractivity contribution in [2.24, 2.45) is 0 Å². The van der Waals surface area contributed by atoms with Gasteiger partial charge in [-0.1, -0.05) is 0 Å². The molecule has 0 saturated carbocycles. The standard InChI is InChI=1S/C20H19F3N4O5S/c21-20(22,23)12-1-3-13(4-2-12)32-14-7-9-27(10-8-14)33(30,31)16-6-5-15-18(25-11-24-15)17(16)19(28)26-29/h1-6,11,14,29H,7-10H2,(H,24,25)(H,26,28). The molecule has 1 fully saturated rings. The molecular formula is C20H19F3N4O5S. The van der Waals surface area contributed by atoms with Gasteiger partial charge in [0.2, 0.25) is 10.0 Å². The molecule has 4 rings (SSSR count). The van der Waals surface area contributed by atoms with E-state index in [0.29, 0.717) is 18.4 Å². The van der Waals surface area contributed by atoms with Crippen LogP contribution >= 0.6 is 0 Å². The lowest BCUT2D eigenvalue weighted by atomic mass is 10.1. The van der Waals surface area contributed by atoms with E-state index in [1.54, 1.807) is 0 Å². The number of hydrogen-bond acceptors (Lipinski definition) is 6. The molecule has 0 atom stereocenters. The third kappa shape index (κ3) is 4.51. The van der Waals surface area contributed by atoms with Gasteiger partial charge in [-0.2, -0.15) is 17.5 Å². The molecule has 1 aromatic heterocycles. The van der Waals surface area contributed by atoms with Gasteiger partial charge in [0.25, 0.3) is 5.91 Å². The number of carbonyl (C=O) groups is 1. The van der Waals surface area contributed by atoms with Crippen molar-refractivity contribution in [1.29, 1.82) is 0 Å². The Hall–Kier alpha value is -3.16. The summed E-state index contributed by atoms with van der Waals surface area (Å²) in [4.78, 5) is 18.7. The minimum Gasteiger partial charge on any atom is -0.490 e. The van der Waals surface area contributed by atoms with Gasteiger partial charge in [-0.15, -0.1) is 0 Å². The second-order valence-corrected chi connectivity index (χ2v) is 9.33. The van der Waals surface area contributed by atoms with Crippen LogP contribution in [0, 0.1) is 0 Å². The number of rotatable bonds is 5. The van der Waals surface area contributed by atoms with Crippen LogP contribution < -0.4 is 10.2 Å². The zero-order chi connectivity index (χ0) is 23.8. The van der Waals surface area contributed by atoms with E-state index in [9.17, 15) is 26.4 Å². The molecule has 13 heteroatoms. The van der Waals surface area contributed by atoms with E-state index in [0.717, 1.165) is 12.1 Å². The topological polar surface area (TPSA) is 125 Å².